The van der Waals surface area contributed by atoms with Gasteiger partial charge in [0.25, 0.3) is 0 Å². The molecule has 0 bridgehead atoms. The predicted octanol–water partition coefficient (Wildman–Crippen LogP) is -2.23. The monoisotopic (exact) mass is 245 g/mol. The fourth-order valence-corrected chi connectivity index (χ4v) is 3.84. The summed E-state index contributed by atoms with van der Waals surface area (Å²) in [6, 6.07) is 0. The largest absolute Gasteiger partial charge is 0.391 e. The molecule has 0 spiro atoms. The van der Waals surface area contributed by atoms with Gasteiger partial charge >= 0.3 is 0 Å². The molecule has 0 saturated heterocycles. The highest BCUT2D eigenvalue weighted by atomic mass is 32.2. The molecule has 0 aromatic rings. The van der Waals surface area contributed by atoms with Crippen LogP contribution in [0.3, 0.4) is 0 Å². The van der Waals surface area contributed by atoms with E-state index in [1.807, 2.05) is 0 Å². The van der Waals surface area contributed by atoms with Crippen molar-refractivity contribution in [2.75, 3.05) is 30.1 Å². The molecule has 0 aliphatic heterocycles. The van der Waals surface area contributed by atoms with Gasteiger partial charge in [-0.2, -0.15) is 0 Å². The van der Waals surface area contributed by atoms with Gasteiger partial charge in [-0.05, 0) is 0 Å². The van der Waals surface area contributed by atoms with E-state index in [1.165, 1.54) is 0 Å². The summed E-state index contributed by atoms with van der Waals surface area (Å²) in [5.74, 6) is -1.38. The molecule has 0 aromatic carbocycles. The molecule has 6 nitrogen and oxygen atoms in total. The number of rotatable bonds is 6. The Balaban J connectivity index is 4.24. The molecule has 0 aliphatic rings. The van der Waals surface area contributed by atoms with E-state index in [0.717, 1.165) is 6.26 Å². The van der Waals surface area contributed by atoms with E-state index in [2.05, 4.69) is 0 Å². The lowest BCUT2D eigenvalue weighted by molar-refractivity contribution is 0.205. The van der Waals surface area contributed by atoms with Gasteiger partial charge in [-0.1, -0.05) is 0 Å². The first-order valence-electron chi connectivity index (χ1n) is 3.92. The zero-order valence-electron chi connectivity index (χ0n) is 7.88. The minimum Gasteiger partial charge on any atom is -0.391 e. The van der Waals surface area contributed by atoms with Crippen LogP contribution in [0.1, 0.15) is 0 Å². The van der Waals surface area contributed by atoms with Gasteiger partial charge in [0.15, 0.2) is 9.84 Å². The van der Waals surface area contributed by atoms with Gasteiger partial charge < -0.3 is 10.8 Å². The summed E-state index contributed by atoms with van der Waals surface area (Å²) < 4.78 is 43.7. The van der Waals surface area contributed by atoms with Crippen molar-refractivity contribution in [3.63, 3.8) is 0 Å². The number of sulfone groups is 2. The normalized spacial score (nSPS) is 15.4. The second-order valence-electron chi connectivity index (χ2n) is 3.13. The Labute approximate surface area is 83.9 Å². The van der Waals surface area contributed by atoms with Crippen LogP contribution in [-0.4, -0.2) is 58.1 Å². The van der Waals surface area contributed by atoms with E-state index in [-0.39, 0.29) is 6.54 Å². The molecular formula is C6H15NO5S2. The first-order valence-corrected chi connectivity index (χ1v) is 7.81. The Morgan fingerprint density at radius 2 is 1.71 bits per heavy atom. The molecule has 14 heavy (non-hydrogen) atoms. The highest BCUT2D eigenvalue weighted by molar-refractivity contribution is 7.94. The number of aliphatic hydroxyl groups is 1. The molecule has 1 atom stereocenters. The number of nitrogens with two attached hydrogens (primary N) is 1. The van der Waals surface area contributed by atoms with E-state index in [4.69, 9.17) is 10.8 Å². The van der Waals surface area contributed by atoms with Crippen LogP contribution < -0.4 is 5.73 Å². The molecule has 0 aliphatic carbocycles. The van der Waals surface area contributed by atoms with Crippen molar-refractivity contribution in [2.45, 2.75) is 6.10 Å². The number of hydrogen-bond acceptors (Lipinski definition) is 6. The van der Waals surface area contributed by atoms with E-state index in [1.54, 1.807) is 0 Å². The van der Waals surface area contributed by atoms with E-state index < -0.39 is 43.0 Å². The number of hydrogen-bond donors (Lipinski definition) is 2. The van der Waals surface area contributed by atoms with Crippen molar-refractivity contribution >= 4 is 19.7 Å². The van der Waals surface area contributed by atoms with Crippen molar-refractivity contribution in [3.8, 4) is 0 Å². The van der Waals surface area contributed by atoms with Gasteiger partial charge in [0.05, 0.1) is 23.4 Å². The summed E-state index contributed by atoms with van der Waals surface area (Å²) in [5, 5.41) is 8.97. The zero-order chi connectivity index (χ0) is 11.4. The standard InChI is InChI=1S/C6H15NO5S2/c1-13(9,10)2-3-14(11,12)5-6(8)4-7/h6,8H,2-5,7H2,1H3. The van der Waals surface area contributed by atoms with Crippen LogP contribution in [0.15, 0.2) is 0 Å². The summed E-state index contributed by atoms with van der Waals surface area (Å²) in [4.78, 5) is 0. The molecule has 0 aromatic heterocycles. The SMILES string of the molecule is CS(=O)(=O)CCS(=O)(=O)CC(O)CN. The van der Waals surface area contributed by atoms with Gasteiger partial charge in [0, 0.05) is 12.8 Å². The lowest BCUT2D eigenvalue weighted by atomic mass is 10.4. The Hall–Kier alpha value is -0.180. The highest BCUT2D eigenvalue weighted by Crippen LogP contribution is 1.96. The molecule has 86 valence electrons. The average Bonchev–Trinajstić information content (AvgIpc) is 1.99. The van der Waals surface area contributed by atoms with Crippen molar-refractivity contribution in [3.05, 3.63) is 0 Å². The summed E-state index contributed by atoms with van der Waals surface area (Å²) >= 11 is 0. The fraction of sp³-hybridized carbons (Fsp3) is 1.00. The molecule has 0 rings (SSSR count). The second kappa shape index (κ2) is 5.06. The Morgan fingerprint density at radius 3 is 2.07 bits per heavy atom. The molecular weight excluding hydrogens is 230 g/mol. The van der Waals surface area contributed by atoms with Crippen LogP contribution in [0.4, 0.5) is 0 Å². The highest BCUT2D eigenvalue weighted by Gasteiger charge is 2.18. The molecule has 3 N–H and O–H groups in total. The molecule has 8 heteroatoms. The molecule has 0 heterocycles. The first-order chi connectivity index (χ1) is 6.16. The van der Waals surface area contributed by atoms with Crippen LogP contribution in [0.5, 0.6) is 0 Å². The summed E-state index contributed by atoms with van der Waals surface area (Å²) in [7, 11) is -6.83. The Morgan fingerprint density at radius 1 is 1.21 bits per heavy atom. The van der Waals surface area contributed by atoms with Crippen LogP contribution in [-0.2, 0) is 19.7 Å². The van der Waals surface area contributed by atoms with Crippen molar-refractivity contribution in [1.29, 1.82) is 0 Å². The maximum atomic E-state index is 11.2. The quantitative estimate of drug-likeness (QED) is 0.547. The van der Waals surface area contributed by atoms with Crippen molar-refractivity contribution in [2.24, 2.45) is 5.73 Å². The molecule has 0 radical (unpaired) electrons. The molecule has 1 unspecified atom stereocenters. The van der Waals surface area contributed by atoms with Gasteiger partial charge in [-0.15, -0.1) is 0 Å². The molecule has 0 fully saturated rings. The van der Waals surface area contributed by atoms with Gasteiger partial charge in [-0.3, -0.25) is 0 Å². The minimum absolute atomic E-state index is 0.155. The zero-order valence-corrected chi connectivity index (χ0v) is 9.51. The first kappa shape index (κ1) is 13.8. The third kappa shape index (κ3) is 7.25. The van der Waals surface area contributed by atoms with Crippen LogP contribution in [0.25, 0.3) is 0 Å². The minimum atomic E-state index is -3.54. The Bertz CT molecular complexity index is 358. The predicted molar refractivity (Wildman–Crippen MR) is 53.4 cm³/mol. The van der Waals surface area contributed by atoms with Crippen molar-refractivity contribution < 1.29 is 21.9 Å². The van der Waals surface area contributed by atoms with Crippen LogP contribution in [0, 0.1) is 0 Å². The lowest BCUT2D eigenvalue weighted by Gasteiger charge is -2.07. The topological polar surface area (TPSA) is 115 Å². The molecule has 0 saturated carbocycles. The molecule has 0 amide bonds. The van der Waals surface area contributed by atoms with Crippen LogP contribution in [0.2, 0.25) is 0 Å². The van der Waals surface area contributed by atoms with E-state index in [0.29, 0.717) is 0 Å². The lowest BCUT2D eigenvalue weighted by Crippen LogP contribution is -2.31. The van der Waals surface area contributed by atoms with E-state index >= 15 is 0 Å². The third-order valence-electron chi connectivity index (χ3n) is 1.48. The Kier molecular flexibility index (Phi) is 4.99. The average molecular weight is 245 g/mol. The smallest absolute Gasteiger partial charge is 0.153 e. The second-order valence-corrected chi connectivity index (χ2v) is 7.62. The fourth-order valence-electron chi connectivity index (χ4n) is 0.723. The summed E-state index contributed by atoms with van der Waals surface area (Å²) in [5.41, 5.74) is 5.03. The summed E-state index contributed by atoms with van der Waals surface area (Å²) in [6.45, 7) is -0.155. The van der Waals surface area contributed by atoms with E-state index in [9.17, 15) is 16.8 Å². The van der Waals surface area contributed by atoms with Gasteiger partial charge in [-0.25, -0.2) is 16.8 Å². The number of aliphatic hydroxyl groups excluding tert-OH is 1. The van der Waals surface area contributed by atoms with Gasteiger partial charge in [0.2, 0.25) is 0 Å². The van der Waals surface area contributed by atoms with Gasteiger partial charge in [0.1, 0.15) is 9.84 Å². The van der Waals surface area contributed by atoms with Crippen LogP contribution >= 0.6 is 0 Å². The maximum Gasteiger partial charge on any atom is 0.153 e. The summed E-state index contributed by atoms with van der Waals surface area (Å²) in [6.07, 6.45) is -0.165. The maximum absolute atomic E-state index is 11.2. The van der Waals surface area contributed by atoms with Crippen molar-refractivity contribution in [1.82, 2.24) is 0 Å². The third-order valence-corrected chi connectivity index (χ3v) is 4.41.